The van der Waals surface area contributed by atoms with Gasteiger partial charge < -0.3 is 0 Å². The Balaban J connectivity index is -0.0000000158. The third-order valence-corrected chi connectivity index (χ3v) is 0.304. The molecule has 0 aromatic carbocycles. The summed E-state index contributed by atoms with van der Waals surface area (Å²) in [6, 6.07) is 0. The maximum atomic E-state index is 11.0. The fraction of sp³-hybridized carbons (Fsp3) is 0.143. The summed E-state index contributed by atoms with van der Waals surface area (Å²) < 4.78 is 59.5. The summed E-state index contributed by atoms with van der Waals surface area (Å²) in [5.74, 6) is 0. The summed E-state index contributed by atoms with van der Waals surface area (Å²) in [5, 5.41) is 0. The third kappa shape index (κ3) is 604. The number of halogens is 3. The molecule has 0 fully saturated rings. The molecular weight excluding hydrogens is 348 g/mol. The molecule has 0 aliphatic heterocycles. The van der Waals surface area contributed by atoms with Gasteiger partial charge in [-0.1, -0.05) is 0 Å². The minimum Gasteiger partial charge on any atom is 0 e. The second-order valence-corrected chi connectivity index (χ2v) is 1.53. The Labute approximate surface area is 115 Å². The van der Waals surface area contributed by atoms with Crippen LogP contribution in [0.15, 0.2) is 0 Å². The number of hydrogen-bond donors (Lipinski definition) is 0. The van der Waals surface area contributed by atoms with Gasteiger partial charge in [-0.15, -0.1) is 8.78 Å². The maximum absolute atomic E-state index is 11.0. The molecule has 6 nitrogen and oxygen atoms in total. The van der Waals surface area contributed by atoms with Gasteiger partial charge in [-0.25, -0.2) is 11.4 Å². The van der Waals surface area contributed by atoms with Crippen LogP contribution in [-0.4, -0.2) is 4.96 Å². The van der Waals surface area contributed by atoms with Crippen LogP contribution < -0.4 is 0 Å². The van der Waals surface area contributed by atoms with E-state index >= 15 is 0 Å². The van der Waals surface area contributed by atoms with E-state index in [1.54, 1.807) is 15.9 Å². The largest absolute Gasteiger partial charge is 0 e. The van der Waals surface area contributed by atoms with Crippen molar-refractivity contribution in [1.29, 1.82) is 0 Å². The summed E-state index contributed by atoms with van der Waals surface area (Å²) in [6.45, 7) is 28.2. The first-order valence-corrected chi connectivity index (χ1v) is 2.83. The minimum atomic E-state index is -3.35. The molecule has 0 saturated carbocycles. The number of hydrogen-bond acceptors (Lipinski definition) is 0. The van der Waals surface area contributed by atoms with Crippen molar-refractivity contribution in [2.75, 3.05) is 0 Å². The van der Waals surface area contributed by atoms with Gasteiger partial charge in [0.25, 0.3) is 0 Å². The van der Waals surface area contributed by atoms with Crippen molar-refractivity contribution in [3.8, 4) is 0 Å². The van der Waals surface area contributed by atoms with E-state index in [-0.39, 0.29) is 17.4 Å². The van der Waals surface area contributed by atoms with Crippen molar-refractivity contribution in [2.45, 2.75) is 4.96 Å². The van der Waals surface area contributed by atoms with Crippen LogP contribution in [0.1, 0.15) is 0 Å². The van der Waals surface area contributed by atoms with E-state index in [9.17, 15) is 8.78 Å². The smallest absolute Gasteiger partial charge is 0 e. The first kappa shape index (κ1) is 44.4. The van der Waals surface area contributed by atoms with Crippen LogP contribution in [0.3, 0.4) is 0 Å². The molecule has 0 aliphatic rings. The zero-order chi connectivity index (χ0) is 15.2. The molecule has 0 bridgehead atoms. The summed E-state index contributed by atoms with van der Waals surface area (Å²) in [6.07, 6.45) is 0. The molecule has 17 heavy (non-hydrogen) atoms. The van der Waals surface area contributed by atoms with Crippen molar-refractivity contribution in [2.24, 2.45) is 0 Å². The van der Waals surface area contributed by atoms with Gasteiger partial charge in [-0.05, 0) is 0 Å². The number of nitrogens with zero attached hydrogens (tertiary/aromatic N) is 1. The summed E-state index contributed by atoms with van der Waals surface area (Å²) in [5.41, 5.74) is 0. The molecule has 0 heterocycles. The van der Waals surface area contributed by atoms with Crippen LogP contribution in [0.4, 0.5) is 8.78 Å². The predicted octanol–water partition coefficient (Wildman–Crippen LogP) is 1.66. The van der Waals surface area contributed by atoms with Gasteiger partial charge in [0.2, 0.25) is 0 Å². The van der Waals surface area contributed by atoms with Crippen LogP contribution in [0, 0.1) is 39.8 Å². The average Bonchev–Trinajstić information content (AvgIpc) is 2.40. The first-order valence-electron chi connectivity index (χ1n) is 2.03. The monoisotopic (exact) mass is 347 g/mol. The van der Waals surface area contributed by atoms with Crippen molar-refractivity contribution < 1.29 is 49.4 Å². The van der Waals surface area contributed by atoms with Gasteiger partial charge in [-0.3, -0.25) is 0 Å². The maximum Gasteiger partial charge on any atom is 0 e. The number of rotatable bonds is 0. The molecule has 0 unspecified atom stereocenters. The van der Waals surface area contributed by atoms with Crippen LogP contribution in [0.25, 0.3) is 4.85 Å². The summed E-state index contributed by atoms with van der Waals surface area (Å²) in [4.78, 5) is -1.50. The van der Waals surface area contributed by atoms with E-state index < -0.39 is 4.96 Å². The second-order valence-electron chi connectivity index (χ2n) is 0.580. The average molecular weight is 348 g/mol. The Kier molecular flexibility index (Phi) is 212. The van der Waals surface area contributed by atoms with Crippen molar-refractivity contribution in [1.82, 2.24) is 0 Å². The van der Waals surface area contributed by atoms with E-state index in [2.05, 4.69) is 33.3 Å². The first-order chi connectivity index (χ1) is 7.56. The molecule has 0 saturated heterocycles. The van der Waals surface area contributed by atoms with E-state index in [0.29, 0.717) is 0 Å². The van der Waals surface area contributed by atoms with Gasteiger partial charge in [0.1, 0.15) is 15.9 Å². The van der Waals surface area contributed by atoms with Crippen LogP contribution >= 0.6 is 15.9 Å². The minimum absolute atomic E-state index is 0. The summed E-state index contributed by atoms with van der Waals surface area (Å²) in [7, 11) is 0. The van der Waals surface area contributed by atoms with E-state index in [0.717, 1.165) is 0 Å². The Bertz CT molecular complexity index is 215. The molecular formula is C7BrCrF2NO5. The molecule has 0 spiro atoms. The third-order valence-electron chi connectivity index (χ3n) is 0.127. The predicted molar refractivity (Wildman–Crippen MR) is 40.1 cm³/mol. The second kappa shape index (κ2) is 81.0. The normalized spacial score (nSPS) is 4.24. The Morgan fingerprint density at radius 3 is 0.824 bits per heavy atom. The topological polar surface area (TPSA) is 104 Å². The van der Waals surface area contributed by atoms with Gasteiger partial charge in [0, 0.05) is 17.4 Å². The van der Waals surface area contributed by atoms with Gasteiger partial charge in [0.05, 0.1) is 0 Å². The van der Waals surface area contributed by atoms with Crippen molar-refractivity contribution >= 4 is 15.9 Å². The molecule has 0 N–H and O–H groups in total. The van der Waals surface area contributed by atoms with Gasteiger partial charge in [-0.2, -0.15) is 0 Å². The quantitative estimate of drug-likeness (QED) is 0.275. The molecule has 0 amide bonds. The van der Waals surface area contributed by atoms with E-state index in [1.807, 2.05) is 4.85 Å². The Hall–Kier alpha value is -0.938. The molecule has 0 aromatic rings. The number of alkyl halides is 3. The van der Waals surface area contributed by atoms with Crippen molar-refractivity contribution in [3.05, 3.63) is 44.7 Å². The molecule has 0 radical (unpaired) electrons. The SMILES string of the molecule is [C-]#[N+]C(F)(F)Br.[C-]#[O+].[C-]#[O+].[C-]#[O+].[C-]#[O+].[C-]#[O+].[Cr]. The molecule has 0 aromatic heterocycles. The Morgan fingerprint density at radius 2 is 0.824 bits per heavy atom. The zero-order valence-electron chi connectivity index (χ0n) is 7.53. The molecule has 0 aliphatic carbocycles. The fourth-order valence-electron chi connectivity index (χ4n) is 0. The standard InChI is InChI=1S/C2BrF2N.5CO.Cr/c1-6-2(3,4)5;5*1-2;. The van der Waals surface area contributed by atoms with E-state index in [4.69, 9.17) is 29.8 Å². The Morgan fingerprint density at radius 1 is 0.765 bits per heavy atom. The van der Waals surface area contributed by atoms with Crippen molar-refractivity contribution in [3.63, 3.8) is 0 Å². The molecule has 0 rings (SSSR count). The fourth-order valence-corrected chi connectivity index (χ4v) is 0. The summed E-state index contributed by atoms with van der Waals surface area (Å²) >= 11 is 1.79. The molecule has 90 valence electrons. The van der Waals surface area contributed by atoms with Crippen LogP contribution in [-0.2, 0) is 40.6 Å². The van der Waals surface area contributed by atoms with E-state index in [1.165, 1.54) is 0 Å². The van der Waals surface area contributed by atoms with Crippen LogP contribution in [0.2, 0.25) is 0 Å². The zero-order valence-corrected chi connectivity index (χ0v) is 10.4. The van der Waals surface area contributed by atoms with Gasteiger partial charge in [0.15, 0.2) is 0 Å². The molecule has 0 atom stereocenters. The molecule has 10 heteroatoms. The van der Waals surface area contributed by atoms with Gasteiger partial charge >= 0.3 is 61.5 Å². The van der Waals surface area contributed by atoms with Crippen LogP contribution in [0.5, 0.6) is 0 Å².